The average molecular weight is 343 g/mol. The van der Waals surface area contributed by atoms with Gasteiger partial charge >= 0.3 is 5.97 Å². The highest BCUT2D eigenvalue weighted by Crippen LogP contribution is 2.21. The van der Waals surface area contributed by atoms with E-state index in [1.54, 1.807) is 4.90 Å². The number of aliphatic carboxylic acids is 1. The second-order valence-corrected chi connectivity index (χ2v) is 5.80. The van der Waals surface area contributed by atoms with Crippen LogP contribution in [0, 0.1) is 5.92 Å². The van der Waals surface area contributed by atoms with E-state index < -0.39 is 5.97 Å². The summed E-state index contributed by atoms with van der Waals surface area (Å²) in [5.41, 5.74) is 1.06. The normalized spacial score (nSPS) is 11.9. The van der Waals surface area contributed by atoms with E-state index in [2.05, 4.69) is 19.2 Å². The van der Waals surface area contributed by atoms with Crippen LogP contribution in [-0.2, 0) is 9.59 Å². The van der Waals surface area contributed by atoms with Crippen LogP contribution in [0.2, 0.25) is 0 Å². The van der Waals surface area contributed by atoms with Gasteiger partial charge in [0.2, 0.25) is 5.91 Å². The van der Waals surface area contributed by atoms with Gasteiger partial charge < -0.3 is 10.4 Å². The highest BCUT2D eigenvalue weighted by Gasteiger charge is 2.20. The van der Waals surface area contributed by atoms with Gasteiger partial charge in [-0.1, -0.05) is 51.1 Å². The minimum atomic E-state index is -0.912. The van der Waals surface area contributed by atoms with Gasteiger partial charge in [-0.05, 0) is 24.4 Å². The number of nitrogens with one attached hydrogen (secondary N) is 1. The number of amides is 1. The Morgan fingerprint density at radius 3 is 2.26 bits per heavy atom. The van der Waals surface area contributed by atoms with Crippen LogP contribution in [-0.4, -0.2) is 41.5 Å². The van der Waals surface area contributed by atoms with Crippen molar-refractivity contribution in [3.05, 3.63) is 35.9 Å². The Balaban J connectivity index is 0.00000484. The third-order valence-electron chi connectivity index (χ3n) is 3.41. The van der Waals surface area contributed by atoms with Gasteiger partial charge in [0.1, 0.15) is 0 Å². The number of nitrogens with zero attached hydrogens (tertiary/aromatic N) is 1. The molecule has 1 unspecified atom stereocenters. The summed E-state index contributed by atoms with van der Waals surface area (Å²) < 4.78 is 0. The third kappa shape index (κ3) is 8.00. The Kier molecular flexibility index (Phi) is 10.3. The first-order valence-electron chi connectivity index (χ1n) is 7.72. The number of carboxylic acid groups (broad SMARTS) is 1. The van der Waals surface area contributed by atoms with E-state index in [4.69, 9.17) is 5.11 Å². The third-order valence-corrected chi connectivity index (χ3v) is 3.41. The van der Waals surface area contributed by atoms with Crippen molar-refractivity contribution in [2.75, 3.05) is 19.6 Å². The molecule has 0 spiro atoms. The molecule has 0 bridgehead atoms. The van der Waals surface area contributed by atoms with Crippen LogP contribution in [0.5, 0.6) is 0 Å². The zero-order valence-corrected chi connectivity index (χ0v) is 14.8. The lowest BCUT2D eigenvalue weighted by Gasteiger charge is -2.25. The molecule has 0 aliphatic heterocycles. The molecule has 1 atom stereocenters. The number of hydrogen-bond acceptors (Lipinski definition) is 3. The number of hydrogen-bond donors (Lipinski definition) is 2. The van der Waals surface area contributed by atoms with Crippen molar-refractivity contribution in [2.45, 2.75) is 33.2 Å². The van der Waals surface area contributed by atoms with Gasteiger partial charge in [-0.2, -0.15) is 0 Å². The Labute approximate surface area is 144 Å². The average Bonchev–Trinajstić information content (AvgIpc) is 2.45. The molecule has 1 aromatic carbocycles. The lowest BCUT2D eigenvalue weighted by atomic mass is 9.96. The number of rotatable bonds is 9. The standard InChI is InChI=1S/C17H26N2O3.ClH/c1-4-10-19(12-16(21)22)11-15(20)18-17(13(2)3)14-8-6-5-7-9-14;/h5-9,13,17H,4,10-12H2,1-3H3,(H,18,20)(H,21,22);1H. The molecule has 0 aromatic heterocycles. The molecular weight excluding hydrogens is 316 g/mol. The van der Waals surface area contributed by atoms with Crippen molar-refractivity contribution < 1.29 is 14.7 Å². The van der Waals surface area contributed by atoms with Crippen molar-refractivity contribution >= 4 is 24.3 Å². The fourth-order valence-corrected chi connectivity index (χ4v) is 2.44. The Hall–Kier alpha value is -1.59. The number of carbonyl (C=O) groups is 2. The smallest absolute Gasteiger partial charge is 0.317 e. The van der Waals surface area contributed by atoms with Gasteiger partial charge in [-0.3, -0.25) is 14.5 Å². The van der Waals surface area contributed by atoms with E-state index in [0.29, 0.717) is 6.54 Å². The molecule has 2 N–H and O–H groups in total. The second-order valence-electron chi connectivity index (χ2n) is 5.80. The molecule has 0 aliphatic rings. The van der Waals surface area contributed by atoms with Crippen LogP contribution in [0.15, 0.2) is 30.3 Å². The predicted molar refractivity (Wildman–Crippen MR) is 93.8 cm³/mol. The van der Waals surface area contributed by atoms with Crippen molar-refractivity contribution in [3.8, 4) is 0 Å². The summed E-state index contributed by atoms with van der Waals surface area (Å²) in [6.45, 7) is 6.66. The fraction of sp³-hybridized carbons (Fsp3) is 0.529. The van der Waals surface area contributed by atoms with Crippen molar-refractivity contribution in [1.82, 2.24) is 10.2 Å². The van der Waals surface area contributed by atoms with Gasteiger partial charge in [0.05, 0.1) is 19.1 Å². The largest absolute Gasteiger partial charge is 0.480 e. The summed E-state index contributed by atoms with van der Waals surface area (Å²) in [5, 5.41) is 11.9. The summed E-state index contributed by atoms with van der Waals surface area (Å²) in [4.78, 5) is 24.7. The van der Waals surface area contributed by atoms with E-state index in [-0.39, 0.29) is 43.4 Å². The van der Waals surface area contributed by atoms with Crippen LogP contribution in [0.4, 0.5) is 0 Å². The zero-order valence-electron chi connectivity index (χ0n) is 14.0. The van der Waals surface area contributed by atoms with E-state index in [0.717, 1.165) is 12.0 Å². The van der Waals surface area contributed by atoms with Gasteiger partial charge in [0, 0.05) is 0 Å². The monoisotopic (exact) mass is 342 g/mol. The highest BCUT2D eigenvalue weighted by atomic mass is 35.5. The van der Waals surface area contributed by atoms with Crippen LogP contribution >= 0.6 is 12.4 Å². The van der Waals surface area contributed by atoms with Gasteiger partial charge in [-0.25, -0.2) is 0 Å². The molecule has 1 aromatic rings. The first-order chi connectivity index (χ1) is 10.4. The highest BCUT2D eigenvalue weighted by molar-refractivity contribution is 5.85. The first kappa shape index (κ1) is 21.4. The van der Waals surface area contributed by atoms with Gasteiger partial charge in [0.15, 0.2) is 0 Å². The quantitative estimate of drug-likeness (QED) is 0.724. The Bertz CT molecular complexity index is 480. The van der Waals surface area contributed by atoms with Crippen LogP contribution in [0.1, 0.15) is 38.8 Å². The summed E-state index contributed by atoms with van der Waals surface area (Å²) in [6, 6.07) is 9.76. The fourth-order valence-electron chi connectivity index (χ4n) is 2.44. The van der Waals surface area contributed by atoms with E-state index in [1.165, 1.54) is 0 Å². The number of benzene rings is 1. The van der Waals surface area contributed by atoms with Crippen LogP contribution in [0.3, 0.4) is 0 Å². The molecule has 23 heavy (non-hydrogen) atoms. The number of carboxylic acids is 1. The Morgan fingerprint density at radius 1 is 1.17 bits per heavy atom. The number of halogens is 1. The second kappa shape index (κ2) is 11.0. The molecule has 6 heteroatoms. The Morgan fingerprint density at radius 2 is 1.78 bits per heavy atom. The van der Waals surface area contributed by atoms with Crippen molar-refractivity contribution in [3.63, 3.8) is 0 Å². The lowest BCUT2D eigenvalue weighted by molar-refractivity contribution is -0.138. The predicted octanol–water partition coefficient (Wildman–Crippen LogP) is 2.72. The molecular formula is C17H27ClN2O3. The minimum absolute atomic E-state index is 0. The molecule has 1 rings (SSSR count). The number of carbonyl (C=O) groups excluding carboxylic acids is 1. The molecule has 0 heterocycles. The zero-order chi connectivity index (χ0) is 16.5. The maximum Gasteiger partial charge on any atom is 0.317 e. The topological polar surface area (TPSA) is 69.6 Å². The molecule has 0 aliphatic carbocycles. The maximum absolute atomic E-state index is 12.3. The summed E-state index contributed by atoms with van der Waals surface area (Å²) in [5.74, 6) is -0.799. The van der Waals surface area contributed by atoms with E-state index >= 15 is 0 Å². The van der Waals surface area contributed by atoms with Crippen LogP contribution in [0.25, 0.3) is 0 Å². The summed E-state index contributed by atoms with van der Waals surface area (Å²) >= 11 is 0. The molecule has 0 radical (unpaired) electrons. The minimum Gasteiger partial charge on any atom is -0.480 e. The van der Waals surface area contributed by atoms with E-state index in [1.807, 2.05) is 37.3 Å². The lowest BCUT2D eigenvalue weighted by Crippen LogP contribution is -2.42. The molecule has 0 saturated heterocycles. The van der Waals surface area contributed by atoms with Gasteiger partial charge in [-0.15, -0.1) is 12.4 Å². The first-order valence-corrected chi connectivity index (χ1v) is 7.72. The summed E-state index contributed by atoms with van der Waals surface area (Å²) in [7, 11) is 0. The van der Waals surface area contributed by atoms with Crippen molar-refractivity contribution in [1.29, 1.82) is 0 Å². The van der Waals surface area contributed by atoms with Crippen molar-refractivity contribution in [2.24, 2.45) is 5.92 Å². The summed E-state index contributed by atoms with van der Waals surface area (Å²) in [6.07, 6.45) is 0.812. The molecule has 130 valence electrons. The molecule has 5 nitrogen and oxygen atoms in total. The van der Waals surface area contributed by atoms with Crippen LogP contribution < -0.4 is 5.32 Å². The molecule has 1 amide bonds. The molecule has 0 fully saturated rings. The van der Waals surface area contributed by atoms with E-state index in [9.17, 15) is 9.59 Å². The van der Waals surface area contributed by atoms with Gasteiger partial charge in [0.25, 0.3) is 0 Å². The SMILES string of the molecule is CCCN(CC(=O)O)CC(=O)NC(c1ccccc1)C(C)C.Cl. The molecule has 0 saturated carbocycles. The maximum atomic E-state index is 12.3.